The van der Waals surface area contributed by atoms with Gasteiger partial charge in [-0.2, -0.15) is 15.0 Å². The van der Waals surface area contributed by atoms with Crippen LogP contribution in [-0.4, -0.2) is 34.0 Å². The van der Waals surface area contributed by atoms with E-state index < -0.39 is 0 Å². The van der Waals surface area contributed by atoms with Crippen LogP contribution in [0.1, 0.15) is 24.4 Å². The molecule has 0 saturated carbocycles. The number of nitrogen functional groups attached to an aromatic ring is 1. The molecule has 2 aromatic heterocycles. The molecular formula is C11H18N8S. The normalized spacial score (nSPS) is 12.0. The summed E-state index contributed by atoms with van der Waals surface area (Å²) in [7, 11) is 3.72. The molecule has 108 valence electrons. The highest BCUT2D eigenvalue weighted by Crippen LogP contribution is 2.23. The molecule has 8 nitrogen and oxygen atoms in total. The lowest BCUT2D eigenvalue weighted by atomic mass is 10.2. The molecule has 0 aliphatic heterocycles. The van der Waals surface area contributed by atoms with E-state index in [1.54, 1.807) is 22.4 Å². The summed E-state index contributed by atoms with van der Waals surface area (Å²) >= 11 is 1.60. The van der Waals surface area contributed by atoms with Gasteiger partial charge in [0.05, 0.1) is 6.04 Å². The van der Waals surface area contributed by atoms with Crippen LogP contribution in [0.3, 0.4) is 0 Å². The molecule has 1 unspecified atom stereocenters. The standard InChI is InChI=1S/C11H18N8S/c1-4-7(8-13-5-6-20-8)14-9-15-10(18-12)17-11(16-9)19(2)3/h5-7H,4,12H2,1-3H3,(H2,14,15,16,17,18). The average molecular weight is 294 g/mol. The van der Waals surface area contributed by atoms with Gasteiger partial charge in [-0.1, -0.05) is 6.92 Å². The molecule has 0 amide bonds. The van der Waals surface area contributed by atoms with Gasteiger partial charge < -0.3 is 10.2 Å². The van der Waals surface area contributed by atoms with Crippen LogP contribution in [0.25, 0.3) is 0 Å². The molecule has 0 saturated heterocycles. The topological polar surface area (TPSA) is 105 Å². The predicted octanol–water partition coefficient (Wildman–Crippen LogP) is 1.24. The van der Waals surface area contributed by atoms with Gasteiger partial charge in [0.1, 0.15) is 5.01 Å². The van der Waals surface area contributed by atoms with E-state index in [-0.39, 0.29) is 6.04 Å². The molecule has 2 rings (SSSR count). The molecule has 4 N–H and O–H groups in total. The maximum atomic E-state index is 5.39. The Balaban J connectivity index is 2.25. The van der Waals surface area contributed by atoms with Crippen LogP contribution in [0.5, 0.6) is 0 Å². The number of anilines is 3. The Bertz CT molecular complexity index is 541. The van der Waals surface area contributed by atoms with Crippen molar-refractivity contribution in [3.63, 3.8) is 0 Å². The molecule has 20 heavy (non-hydrogen) atoms. The first-order valence-electron chi connectivity index (χ1n) is 6.20. The average Bonchev–Trinajstić information content (AvgIpc) is 2.98. The molecule has 2 heterocycles. The fourth-order valence-corrected chi connectivity index (χ4v) is 2.37. The predicted molar refractivity (Wildman–Crippen MR) is 80.7 cm³/mol. The Morgan fingerprint density at radius 1 is 1.30 bits per heavy atom. The van der Waals surface area contributed by atoms with Crippen molar-refractivity contribution in [2.45, 2.75) is 19.4 Å². The van der Waals surface area contributed by atoms with E-state index in [2.05, 4.69) is 37.6 Å². The summed E-state index contributed by atoms with van der Waals surface area (Å²) in [6.45, 7) is 2.08. The van der Waals surface area contributed by atoms with Crippen LogP contribution in [0, 0.1) is 0 Å². The van der Waals surface area contributed by atoms with Gasteiger partial charge in [-0.3, -0.25) is 5.43 Å². The number of hydrazine groups is 1. The molecule has 2 aromatic rings. The van der Waals surface area contributed by atoms with Crippen LogP contribution >= 0.6 is 11.3 Å². The molecule has 0 bridgehead atoms. The first kappa shape index (κ1) is 14.4. The second-order valence-electron chi connectivity index (χ2n) is 4.30. The van der Waals surface area contributed by atoms with Crippen molar-refractivity contribution in [2.75, 3.05) is 29.7 Å². The maximum absolute atomic E-state index is 5.39. The van der Waals surface area contributed by atoms with Crippen molar-refractivity contribution in [1.82, 2.24) is 19.9 Å². The molecule has 1 atom stereocenters. The number of nitrogens with zero attached hydrogens (tertiary/aromatic N) is 5. The minimum Gasteiger partial charge on any atom is -0.347 e. The third-order valence-electron chi connectivity index (χ3n) is 2.61. The van der Waals surface area contributed by atoms with E-state index >= 15 is 0 Å². The summed E-state index contributed by atoms with van der Waals surface area (Å²) in [5.41, 5.74) is 2.45. The number of hydrogen-bond acceptors (Lipinski definition) is 9. The summed E-state index contributed by atoms with van der Waals surface area (Å²) in [6.07, 6.45) is 2.66. The molecule has 0 aliphatic rings. The highest BCUT2D eigenvalue weighted by atomic mass is 32.1. The van der Waals surface area contributed by atoms with E-state index in [4.69, 9.17) is 5.84 Å². The van der Waals surface area contributed by atoms with Crippen molar-refractivity contribution in [2.24, 2.45) is 5.84 Å². The van der Waals surface area contributed by atoms with Gasteiger partial charge in [0.25, 0.3) is 0 Å². The Labute approximate surface area is 121 Å². The van der Waals surface area contributed by atoms with E-state index in [9.17, 15) is 0 Å². The first-order chi connectivity index (χ1) is 9.63. The highest BCUT2D eigenvalue weighted by molar-refractivity contribution is 7.09. The second kappa shape index (κ2) is 6.44. The maximum Gasteiger partial charge on any atom is 0.243 e. The zero-order valence-electron chi connectivity index (χ0n) is 11.7. The molecule has 0 spiro atoms. The summed E-state index contributed by atoms with van der Waals surface area (Å²) in [5, 5.41) is 6.22. The number of hydrogen-bond donors (Lipinski definition) is 3. The van der Waals surface area contributed by atoms with E-state index in [0.29, 0.717) is 17.8 Å². The summed E-state index contributed by atoms with van der Waals surface area (Å²) in [4.78, 5) is 18.8. The number of nitrogens with one attached hydrogen (secondary N) is 2. The lowest BCUT2D eigenvalue weighted by Crippen LogP contribution is -2.20. The smallest absolute Gasteiger partial charge is 0.243 e. The Morgan fingerprint density at radius 2 is 2.05 bits per heavy atom. The molecule has 0 radical (unpaired) electrons. The largest absolute Gasteiger partial charge is 0.347 e. The number of thiazole rings is 1. The monoisotopic (exact) mass is 294 g/mol. The van der Waals surface area contributed by atoms with E-state index in [1.165, 1.54) is 0 Å². The summed E-state index contributed by atoms with van der Waals surface area (Å²) in [6, 6.07) is 0.0676. The Morgan fingerprint density at radius 3 is 2.60 bits per heavy atom. The second-order valence-corrected chi connectivity index (χ2v) is 5.22. The van der Waals surface area contributed by atoms with E-state index in [0.717, 1.165) is 11.4 Å². The quantitative estimate of drug-likeness (QED) is 0.540. The van der Waals surface area contributed by atoms with Gasteiger partial charge in [0.15, 0.2) is 0 Å². The van der Waals surface area contributed by atoms with Crippen LogP contribution in [0.4, 0.5) is 17.8 Å². The summed E-state index contributed by atoms with van der Waals surface area (Å²) in [5.74, 6) is 6.71. The van der Waals surface area contributed by atoms with Gasteiger partial charge in [-0.25, -0.2) is 10.8 Å². The van der Waals surface area contributed by atoms with Gasteiger partial charge in [-0.05, 0) is 6.42 Å². The SMILES string of the molecule is CCC(Nc1nc(NN)nc(N(C)C)n1)c1nccs1. The lowest BCUT2D eigenvalue weighted by molar-refractivity contribution is 0.729. The Kier molecular flexibility index (Phi) is 4.64. The zero-order chi connectivity index (χ0) is 14.5. The Hall–Kier alpha value is -2.00. The van der Waals surface area contributed by atoms with Crippen LogP contribution < -0.4 is 21.5 Å². The van der Waals surface area contributed by atoms with Crippen molar-refractivity contribution in [1.29, 1.82) is 0 Å². The van der Waals surface area contributed by atoms with Crippen molar-refractivity contribution >= 4 is 29.2 Å². The number of aromatic nitrogens is 4. The molecule has 0 fully saturated rings. The molecule has 9 heteroatoms. The van der Waals surface area contributed by atoms with Crippen LogP contribution in [0.15, 0.2) is 11.6 Å². The third kappa shape index (κ3) is 3.31. The molecular weight excluding hydrogens is 276 g/mol. The van der Waals surface area contributed by atoms with E-state index in [1.807, 2.05) is 19.5 Å². The highest BCUT2D eigenvalue weighted by Gasteiger charge is 2.15. The number of nitrogens with two attached hydrogens (primary N) is 1. The minimum absolute atomic E-state index is 0.0676. The molecule has 0 aromatic carbocycles. The van der Waals surface area contributed by atoms with Gasteiger partial charge in [0, 0.05) is 25.7 Å². The van der Waals surface area contributed by atoms with Crippen molar-refractivity contribution in [3.05, 3.63) is 16.6 Å². The fraction of sp³-hybridized carbons (Fsp3) is 0.455. The van der Waals surface area contributed by atoms with Crippen LogP contribution in [0.2, 0.25) is 0 Å². The van der Waals surface area contributed by atoms with Gasteiger partial charge in [-0.15, -0.1) is 11.3 Å². The van der Waals surface area contributed by atoms with Gasteiger partial charge in [0.2, 0.25) is 17.8 Å². The molecule has 0 aliphatic carbocycles. The third-order valence-corrected chi connectivity index (χ3v) is 3.50. The van der Waals surface area contributed by atoms with Crippen molar-refractivity contribution < 1.29 is 0 Å². The fourth-order valence-electron chi connectivity index (χ4n) is 1.59. The summed E-state index contributed by atoms with van der Waals surface area (Å²) < 4.78 is 0. The first-order valence-corrected chi connectivity index (χ1v) is 7.08. The zero-order valence-corrected chi connectivity index (χ0v) is 12.5. The lowest BCUT2D eigenvalue weighted by Gasteiger charge is -2.17. The minimum atomic E-state index is 0.0676. The number of rotatable bonds is 6. The van der Waals surface area contributed by atoms with Crippen LogP contribution in [-0.2, 0) is 0 Å². The van der Waals surface area contributed by atoms with Gasteiger partial charge >= 0.3 is 0 Å². The van der Waals surface area contributed by atoms with Crippen molar-refractivity contribution in [3.8, 4) is 0 Å².